The van der Waals surface area contributed by atoms with E-state index in [2.05, 4.69) is 45.5 Å². The third-order valence-corrected chi connectivity index (χ3v) is 10.3. The number of carbonyl (C=O) groups excluding carboxylic acids is 4. The van der Waals surface area contributed by atoms with Gasteiger partial charge in [0.05, 0.1) is 85.9 Å². The Kier molecular flexibility index (Phi) is 25.1. The Labute approximate surface area is 383 Å². The van der Waals surface area contributed by atoms with Crippen molar-refractivity contribution in [2.75, 3.05) is 111 Å². The smallest absolute Gasteiger partial charge is 0.407 e. The fourth-order valence-electron chi connectivity index (χ4n) is 6.95. The Morgan fingerprint density at radius 3 is 1.69 bits per heavy atom. The second-order valence-electron chi connectivity index (χ2n) is 15.6. The number of nitrogens with one attached hydrogen (secondary N) is 4. The third kappa shape index (κ3) is 19.6. The Morgan fingerprint density at radius 1 is 0.646 bits per heavy atom. The Hall–Kier alpha value is -4.98. The molecule has 0 saturated heterocycles. The molecule has 0 heterocycles. The van der Waals surface area contributed by atoms with E-state index in [1.165, 1.54) is 22.3 Å². The number of hydrogen-bond donors (Lipinski definition) is 5. The average Bonchev–Trinajstić information content (AvgIpc) is 3.63. The molecule has 3 aromatic carbocycles. The van der Waals surface area contributed by atoms with Gasteiger partial charge in [0.1, 0.15) is 18.7 Å². The molecule has 3 aromatic rings. The lowest BCUT2D eigenvalue weighted by Crippen LogP contribution is -2.54. The van der Waals surface area contributed by atoms with Gasteiger partial charge in [-0.25, -0.2) is 4.79 Å². The van der Waals surface area contributed by atoms with Gasteiger partial charge in [0.25, 0.3) is 0 Å². The second kappa shape index (κ2) is 31.0. The van der Waals surface area contributed by atoms with Crippen molar-refractivity contribution in [1.82, 2.24) is 16.0 Å². The fraction of sp³-hybridized carbons (Fsp3) is 0.542. The van der Waals surface area contributed by atoms with E-state index in [4.69, 9.17) is 43.6 Å². The van der Waals surface area contributed by atoms with Crippen LogP contribution in [0.3, 0.4) is 0 Å². The van der Waals surface area contributed by atoms with Gasteiger partial charge in [-0.3, -0.25) is 14.4 Å². The van der Waals surface area contributed by atoms with Crippen molar-refractivity contribution in [3.8, 4) is 11.1 Å². The lowest BCUT2D eigenvalue weighted by atomic mass is 9.98. The van der Waals surface area contributed by atoms with Gasteiger partial charge in [-0.2, -0.15) is 0 Å². The predicted molar refractivity (Wildman–Crippen MR) is 245 cm³/mol. The number of benzene rings is 3. The molecule has 358 valence electrons. The summed E-state index contributed by atoms with van der Waals surface area (Å²) in [6.07, 6.45) is 0.458. The van der Waals surface area contributed by atoms with Crippen LogP contribution in [0.4, 0.5) is 10.5 Å². The van der Waals surface area contributed by atoms with Gasteiger partial charge < -0.3 is 64.9 Å². The average molecular weight is 908 g/mol. The summed E-state index contributed by atoms with van der Waals surface area (Å²) in [6.45, 7) is 9.42. The van der Waals surface area contributed by atoms with Crippen LogP contribution in [0.5, 0.6) is 0 Å². The van der Waals surface area contributed by atoms with Crippen molar-refractivity contribution < 1.29 is 57.1 Å². The Balaban J connectivity index is 0.914. The van der Waals surface area contributed by atoms with Crippen LogP contribution in [-0.4, -0.2) is 142 Å². The molecule has 17 nitrogen and oxygen atoms in total. The van der Waals surface area contributed by atoms with E-state index in [1.807, 2.05) is 50.2 Å². The van der Waals surface area contributed by atoms with Crippen molar-refractivity contribution >= 4 is 29.5 Å². The molecule has 4 amide bonds. The highest BCUT2D eigenvalue weighted by molar-refractivity contribution is 5.98. The van der Waals surface area contributed by atoms with Crippen LogP contribution in [0.1, 0.15) is 55.7 Å². The first-order valence-corrected chi connectivity index (χ1v) is 22.5. The maximum atomic E-state index is 13.3. The normalized spacial score (nSPS) is 12.9. The summed E-state index contributed by atoms with van der Waals surface area (Å²) in [6, 6.07) is 22.0. The van der Waals surface area contributed by atoms with Gasteiger partial charge in [-0.1, -0.05) is 74.5 Å². The van der Waals surface area contributed by atoms with E-state index in [0.29, 0.717) is 111 Å². The number of ether oxygens (including phenoxy) is 8. The Morgan fingerprint density at radius 2 is 1.17 bits per heavy atom. The van der Waals surface area contributed by atoms with Gasteiger partial charge in [0.2, 0.25) is 17.7 Å². The molecule has 1 aliphatic rings. The molecule has 0 aromatic heterocycles. The zero-order chi connectivity index (χ0) is 46.5. The molecule has 17 heteroatoms. The molecule has 0 aliphatic heterocycles. The first-order chi connectivity index (χ1) is 31.7. The topological polar surface area (TPSA) is 216 Å². The molecule has 4 rings (SSSR count). The third-order valence-electron chi connectivity index (χ3n) is 10.3. The van der Waals surface area contributed by atoms with Crippen LogP contribution in [0.2, 0.25) is 0 Å². The summed E-state index contributed by atoms with van der Waals surface area (Å²) >= 11 is 0. The highest BCUT2D eigenvalue weighted by atomic mass is 16.6. The number of anilines is 1. The highest BCUT2D eigenvalue weighted by Crippen LogP contribution is 2.44. The number of fused-ring (bicyclic) bond motifs is 3. The van der Waals surface area contributed by atoms with Crippen LogP contribution in [0.15, 0.2) is 72.8 Å². The maximum absolute atomic E-state index is 13.3. The van der Waals surface area contributed by atoms with Gasteiger partial charge in [-0.15, -0.1) is 0 Å². The first-order valence-electron chi connectivity index (χ1n) is 22.5. The molecular weight excluding hydrogens is 839 g/mol. The van der Waals surface area contributed by atoms with Crippen molar-refractivity contribution in [3.63, 3.8) is 0 Å². The number of amides is 4. The largest absolute Gasteiger partial charge is 0.449 e. The number of methoxy groups -OCH3 is 1. The summed E-state index contributed by atoms with van der Waals surface area (Å²) in [5, 5.41) is 11.2. The van der Waals surface area contributed by atoms with Crippen LogP contribution in [0.25, 0.3) is 11.1 Å². The Bertz CT molecular complexity index is 1800. The van der Waals surface area contributed by atoms with E-state index in [-0.39, 0.29) is 43.3 Å². The summed E-state index contributed by atoms with van der Waals surface area (Å²) in [5.74, 6) is -1.37. The molecule has 2 atom stereocenters. The first kappa shape index (κ1) is 52.6. The number of alkyl carbamates (subject to hydrolysis) is 1. The SMILES string of the molecule is COCc1ccc(NC(=O)[C@H](CCCN)NC(=O)[C@@H](NC(=O)CCOCCOCCOCCOCCOCCOCCNC(=O)OCC2c3ccccc3-c3ccccc32)C(C)C)cc1. The van der Waals surface area contributed by atoms with Crippen LogP contribution < -0.4 is 27.0 Å². The van der Waals surface area contributed by atoms with Gasteiger partial charge in [-0.05, 0) is 65.3 Å². The molecule has 0 unspecified atom stereocenters. The van der Waals surface area contributed by atoms with E-state index in [1.54, 1.807) is 19.2 Å². The minimum atomic E-state index is -0.843. The van der Waals surface area contributed by atoms with E-state index >= 15 is 0 Å². The molecule has 0 fully saturated rings. The van der Waals surface area contributed by atoms with Crippen molar-refractivity contribution in [1.29, 1.82) is 0 Å². The molecule has 0 radical (unpaired) electrons. The summed E-state index contributed by atoms with van der Waals surface area (Å²) < 4.78 is 43.8. The number of hydrogen-bond acceptors (Lipinski definition) is 13. The summed E-state index contributed by atoms with van der Waals surface area (Å²) in [5.41, 5.74) is 12.0. The summed E-state index contributed by atoms with van der Waals surface area (Å²) in [7, 11) is 1.61. The molecule has 6 N–H and O–H groups in total. The number of rotatable bonds is 34. The quantitative estimate of drug-likeness (QED) is 0.0533. The zero-order valence-corrected chi connectivity index (χ0v) is 38.1. The van der Waals surface area contributed by atoms with Crippen LogP contribution >= 0.6 is 0 Å². The predicted octanol–water partition coefficient (Wildman–Crippen LogP) is 4.16. The van der Waals surface area contributed by atoms with Gasteiger partial charge in [0, 0.05) is 31.7 Å². The molecule has 0 spiro atoms. The lowest BCUT2D eigenvalue weighted by Gasteiger charge is -2.25. The fourth-order valence-corrected chi connectivity index (χ4v) is 6.95. The van der Waals surface area contributed by atoms with Crippen LogP contribution in [0, 0.1) is 5.92 Å². The van der Waals surface area contributed by atoms with E-state index < -0.39 is 24.1 Å². The monoisotopic (exact) mass is 907 g/mol. The van der Waals surface area contributed by atoms with Gasteiger partial charge >= 0.3 is 6.09 Å². The molecule has 0 saturated carbocycles. The van der Waals surface area contributed by atoms with Crippen LogP contribution in [-0.2, 0) is 58.9 Å². The van der Waals surface area contributed by atoms with Crippen molar-refractivity contribution in [3.05, 3.63) is 89.5 Å². The molecule has 1 aliphatic carbocycles. The minimum Gasteiger partial charge on any atom is -0.449 e. The maximum Gasteiger partial charge on any atom is 0.407 e. The van der Waals surface area contributed by atoms with E-state index in [0.717, 1.165) is 5.56 Å². The minimum absolute atomic E-state index is 0.0173. The molecule has 65 heavy (non-hydrogen) atoms. The molecular formula is C48H69N5O12. The van der Waals surface area contributed by atoms with Crippen molar-refractivity contribution in [2.45, 2.75) is 57.7 Å². The number of nitrogens with two attached hydrogens (primary N) is 1. The summed E-state index contributed by atoms with van der Waals surface area (Å²) in [4.78, 5) is 51.4. The van der Waals surface area contributed by atoms with E-state index in [9.17, 15) is 19.2 Å². The molecule has 0 bridgehead atoms. The second-order valence-corrected chi connectivity index (χ2v) is 15.6. The van der Waals surface area contributed by atoms with Crippen molar-refractivity contribution in [2.24, 2.45) is 11.7 Å². The van der Waals surface area contributed by atoms with Gasteiger partial charge in [0.15, 0.2) is 0 Å². The highest BCUT2D eigenvalue weighted by Gasteiger charge is 2.30. The number of carbonyl (C=O) groups is 4. The standard InChI is InChI=1S/C48H69N5O12/c1-35(2)45(47(56)52-43(13-8-19-49)46(55)51-37-16-14-36(15-17-37)33-58-3)53-44(54)18-21-59-23-25-61-27-29-63-31-32-64-30-28-62-26-24-60-22-20-50-48(57)65-34-42-40-11-6-4-9-38(40)39-10-5-7-12-41(39)42/h4-7,9-12,14-17,35,42-43,45H,8,13,18-34,49H2,1-3H3,(H,50,57)(H,51,55)(H,52,56)(H,53,54)/t43-,45-/m0/s1. The zero-order valence-electron chi connectivity index (χ0n) is 38.1. The lowest BCUT2D eigenvalue weighted by molar-refractivity contribution is -0.132.